The van der Waals surface area contributed by atoms with Gasteiger partial charge in [-0.05, 0) is 46.5 Å². The summed E-state index contributed by atoms with van der Waals surface area (Å²) in [7, 11) is 0. The number of nitrogens with zero attached hydrogens (tertiary/aromatic N) is 1. The first-order valence-electron chi connectivity index (χ1n) is 7.11. The Morgan fingerprint density at radius 3 is 2.63 bits per heavy atom. The first-order chi connectivity index (χ1) is 8.95. The number of allylic oxidation sites excluding steroid dienone is 1. The van der Waals surface area contributed by atoms with E-state index in [0.717, 1.165) is 31.4 Å². The Morgan fingerprint density at radius 1 is 1.37 bits per heavy atom. The molecule has 0 aromatic heterocycles. The summed E-state index contributed by atoms with van der Waals surface area (Å²) >= 11 is 0. The number of amides is 1. The zero-order valence-corrected chi connectivity index (χ0v) is 12.4. The van der Waals surface area contributed by atoms with Gasteiger partial charge < -0.3 is 9.64 Å². The molecule has 1 fully saturated rings. The summed E-state index contributed by atoms with van der Waals surface area (Å²) < 4.78 is 5.16. The molecule has 0 radical (unpaired) electrons. The molecule has 4 nitrogen and oxygen atoms in total. The number of likely N-dealkylation sites (tertiary alicyclic amines) is 1. The maximum Gasteiger partial charge on any atom is 0.331 e. The molecular formula is C15H25NO3. The third-order valence-corrected chi connectivity index (χ3v) is 3.43. The number of piperidine rings is 1. The molecule has 1 amide bonds. The molecule has 1 saturated heterocycles. The summed E-state index contributed by atoms with van der Waals surface area (Å²) in [5.41, 5.74) is 0.869. The summed E-state index contributed by atoms with van der Waals surface area (Å²) in [5.74, 6) is -0.507. The summed E-state index contributed by atoms with van der Waals surface area (Å²) in [5, 5.41) is 0. The highest BCUT2D eigenvalue weighted by molar-refractivity contribution is 5.87. The van der Waals surface area contributed by atoms with E-state index in [2.05, 4.69) is 6.92 Å². The summed E-state index contributed by atoms with van der Waals surface area (Å²) in [6.45, 7) is 8.18. The smallest absolute Gasteiger partial charge is 0.331 e. The van der Waals surface area contributed by atoms with Crippen LogP contribution in [0.3, 0.4) is 0 Å². The highest BCUT2D eigenvalue weighted by Gasteiger charge is 2.30. The lowest BCUT2D eigenvalue weighted by atomic mass is 9.99. The Hall–Kier alpha value is -1.32. The summed E-state index contributed by atoms with van der Waals surface area (Å²) in [6.07, 6.45) is 4.94. The van der Waals surface area contributed by atoms with E-state index in [-0.39, 0.29) is 5.91 Å². The first-order valence-corrected chi connectivity index (χ1v) is 7.11. The average molecular weight is 267 g/mol. The highest BCUT2D eigenvalue weighted by atomic mass is 16.5. The van der Waals surface area contributed by atoms with Crippen molar-refractivity contribution in [3.8, 4) is 0 Å². The van der Waals surface area contributed by atoms with E-state index >= 15 is 0 Å². The van der Waals surface area contributed by atoms with Crippen LogP contribution in [0, 0.1) is 0 Å². The van der Waals surface area contributed by atoms with Gasteiger partial charge in [-0.3, -0.25) is 4.79 Å². The van der Waals surface area contributed by atoms with Crippen LogP contribution in [0.5, 0.6) is 0 Å². The van der Waals surface area contributed by atoms with Crippen LogP contribution in [0.15, 0.2) is 11.6 Å². The van der Waals surface area contributed by atoms with E-state index in [0.29, 0.717) is 6.04 Å². The molecule has 0 spiro atoms. The zero-order chi connectivity index (χ0) is 14.4. The Bertz CT molecular complexity index is 358. The molecule has 0 aromatic rings. The molecule has 0 aromatic carbocycles. The lowest BCUT2D eigenvalue weighted by molar-refractivity contribution is -0.157. The zero-order valence-electron chi connectivity index (χ0n) is 12.4. The second-order valence-electron chi connectivity index (χ2n) is 5.39. The molecule has 0 N–H and O–H groups in total. The third kappa shape index (κ3) is 4.69. The van der Waals surface area contributed by atoms with Crippen LogP contribution in [-0.2, 0) is 14.3 Å². The molecule has 1 aliphatic heterocycles. The fourth-order valence-corrected chi connectivity index (χ4v) is 2.44. The standard InChI is InChI=1S/C15H25NO3/c1-5-13-8-6-7-9-16(13)15(18)12(4)19-14(17)10-11(2)3/h10,12-13H,5-9H2,1-4H3/t12-,13+/m0/s1. The van der Waals surface area contributed by atoms with Crippen LogP contribution in [0.2, 0.25) is 0 Å². The van der Waals surface area contributed by atoms with E-state index in [9.17, 15) is 9.59 Å². The molecule has 1 aliphatic rings. The van der Waals surface area contributed by atoms with Gasteiger partial charge in [0.1, 0.15) is 0 Å². The van der Waals surface area contributed by atoms with Gasteiger partial charge in [-0.15, -0.1) is 0 Å². The van der Waals surface area contributed by atoms with Crippen molar-refractivity contribution in [3.63, 3.8) is 0 Å². The van der Waals surface area contributed by atoms with Crippen molar-refractivity contribution in [2.24, 2.45) is 0 Å². The number of ether oxygens (including phenoxy) is 1. The number of carbonyl (C=O) groups is 2. The molecule has 0 saturated carbocycles. The number of esters is 1. The van der Waals surface area contributed by atoms with Crippen LogP contribution in [-0.4, -0.2) is 35.5 Å². The first kappa shape index (κ1) is 15.7. The maximum atomic E-state index is 12.3. The van der Waals surface area contributed by atoms with Crippen molar-refractivity contribution in [2.45, 2.75) is 65.5 Å². The van der Waals surface area contributed by atoms with Crippen molar-refractivity contribution in [2.75, 3.05) is 6.54 Å². The van der Waals surface area contributed by atoms with Gasteiger partial charge >= 0.3 is 5.97 Å². The molecule has 0 aliphatic carbocycles. The molecule has 19 heavy (non-hydrogen) atoms. The minimum absolute atomic E-state index is 0.0675. The fraction of sp³-hybridized carbons (Fsp3) is 0.733. The normalized spacial score (nSPS) is 20.6. The number of hydrogen-bond acceptors (Lipinski definition) is 3. The predicted molar refractivity (Wildman–Crippen MR) is 74.6 cm³/mol. The average Bonchev–Trinajstić information content (AvgIpc) is 2.36. The number of carbonyl (C=O) groups excluding carboxylic acids is 2. The highest BCUT2D eigenvalue weighted by Crippen LogP contribution is 2.20. The van der Waals surface area contributed by atoms with E-state index in [1.165, 1.54) is 12.5 Å². The van der Waals surface area contributed by atoms with Gasteiger partial charge in [0.15, 0.2) is 6.10 Å². The molecule has 0 unspecified atom stereocenters. The second-order valence-corrected chi connectivity index (χ2v) is 5.39. The van der Waals surface area contributed by atoms with Crippen molar-refractivity contribution in [1.82, 2.24) is 4.90 Å². The van der Waals surface area contributed by atoms with Gasteiger partial charge in [-0.2, -0.15) is 0 Å². The minimum Gasteiger partial charge on any atom is -0.449 e. The maximum absolute atomic E-state index is 12.3. The van der Waals surface area contributed by atoms with Crippen LogP contribution >= 0.6 is 0 Å². The van der Waals surface area contributed by atoms with Crippen LogP contribution in [0.25, 0.3) is 0 Å². The quantitative estimate of drug-likeness (QED) is 0.581. The molecule has 1 heterocycles. The summed E-state index contributed by atoms with van der Waals surface area (Å²) in [6, 6.07) is 0.297. The summed E-state index contributed by atoms with van der Waals surface area (Å²) in [4.78, 5) is 25.7. The van der Waals surface area contributed by atoms with Gasteiger partial charge in [0, 0.05) is 18.7 Å². The third-order valence-electron chi connectivity index (χ3n) is 3.43. The predicted octanol–water partition coefficient (Wildman–Crippen LogP) is 2.68. The largest absolute Gasteiger partial charge is 0.449 e. The minimum atomic E-state index is -0.699. The van der Waals surface area contributed by atoms with Crippen LogP contribution in [0.4, 0.5) is 0 Å². The van der Waals surface area contributed by atoms with E-state index in [4.69, 9.17) is 4.74 Å². The molecule has 0 bridgehead atoms. The van der Waals surface area contributed by atoms with Gasteiger partial charge in [0.05, 0.1) is 0 Å². The molecule has 2 atom stereocenters. The molecule has 4 heteroatoms. The Labute approximate surface area is 115 Å². The number of hydrogen-bond donors (Lipinski definition) is 0. The Balaban J connectivity index is 2.60. The number of rotatable bonds is 4. The van der Waals surface area contributed by atoms with Gasteiger partial charge in [-0.1, -0.05) is 12.5 Å². The topological polar surface area (TPSA) is 46.6 Å². The Kier molecular flexibility index (Phi) is 6.06. The van der Waals surface area contributed by atoms with Gasteiger partial charge in [0.2, 0.25) is 0 Å². The van der Waals surface area contributed by atoms with Crippen molar-refractivity contribution < 1.29 is 14.3 Å². The second kappa shape index (κ2) is 7.31. The van der Waals surface area contributed by atoms with E-state index in [1.807, 2.05) is 18.7 Å². The van der Waals surface area contributed by atoms with E-state index in [1.54, 1.807) is 6.92 Å². The lowest BCUT2D eigenvalue weighted by Crippen LogP contribution is -2.48. The van der Waals surface area contributed by atoms with Crippen LogP contribution < -0.4 is 0 Å². The molecular weight excluding hydrogens is 242 g/mol. The lowest BCUT2D eigenvalue weighted by Gasteiger charge is -2.36. The van der Waals surface area contributed by atoms with Gasteiger partial charge in [0.25, 0.3) is 5.91 Å². The van der Waals surface area contributed by atoms with E-state index < -0.39 is 12.1 Å². The van der Waals surface area contributed by atoms with Crippen LogP contribution in [0.1, 0.15) is 53.4 Å². The molecule has 1 rings (SSSR count). The monoisotopic (exact) mass is 267 g/mol. The van der Waals surface area contributed by atoms with Crippen molar-refractivity contribution >= 4 is 11.9 Å². The molecule has 108 valence electrons. The SMILES string of the molecule is CC[C@@H]1CCCCN1C(=O)[C@H](C)OC(=O)C=C(C)C. The van der Waals surface area contributed by atoms with Crippen molar-refractivity contribution in [3.05, 3.63) is 11.6 Å². The fourth-order valence-electron chi connectivity index (χ4n) is 2.44. The van der Waals surface area contributed by atoms with Crippen molar-refractivity contribution in [1.29, 1.82) is 0 Å². The van der Waals surface area contributed by atoms with Gasteiger partial charge in [-0.25, -0.2) is 4.79 Å². The Morgan fingerprint density at radius 2 is 2.05 bits per heavy atom.